The van der Waals surface area contributed by atoms with E-state index in [1.54, 1.807) is 60.7 Å². The van der Waals surface area contributed by atoms with E-state index in [1.165, 1.54) is 6.92 Å². The summed E-state index contributed by atoms with van der Waals surface area (Å²) in [5, 5.41) is 0. The molecule has 0 N–H and O–H groups in total. The first-order valence-electron chi connectivity index (χ1n) is 6.12. The Morgan fingerprint density at radius 3 is 1.33 bits per heavy atom. The van der Waals surface area contributed by atoms with Gasteiger partial charge in [-0.1, -0.05) is 36.4 Å². The zero-order valence-electron chi connectivity index (χ0n) is 11.4. The van der Waals surface area contributed by atoms with Crippen LogP contribution in [0.1, 0.15) is 27.6 Å². The Hall–Kier alpha value is -2.95. The minimum Gasteiger partial charge on any atom is -0.304 e. The highest BCUT2D eigenvalue weighted by Gasteiger charge is 2.12. The number of carbonyl (C=O) groups excluding carboxylic acids is 3. The molecule has 5 nitrogen and oxygen atoms in total. The standard InChI is InChI=1S/C14H10O4.C2H4O/c15-13(11-7-3-1-4-8-11)17-18-14(16)12-9-5-2-6-10-12;1-2-3/h1-10H;2H,1H3. The maximum atomic E-state index is 11.5. The van der Waals surface area contributed by atoms with Gasteiger partial charge in [-0.25, -0.2) is 19.4 Å². The molecule has 0 aliphatic heterocycles. The van der Waals surface area contributed by atoms with Gasteiger partial charge in [0, 0.05) is 0 Å². The van der Waals surface area contributed by atoms with Gasteiger partial charge in [0.05, 0.1) is 11.1 Å². The zero-order valence-corrected chi connectivity index (χ0v) is 11.4. The number of aldehydes is 1. The zero-order chi connectivity index (χ0) is 15.5. The highest BCUT2D eigenvalue weighted by Crippen LogP contribution is 2.05. The largest absolute Gasteiger partial charge is 0.386 e. The van der Waals surface area contributed by atoms with Crippen molar-refractivity contribution in [3.05, 3.63) is 71.8 Å². The summed E-state index contributed by atoms with van der Waals surface area (Å²) in [6, 6.07) is 16.6. The van der Waals surface area contributed by atoms with Crippen LogP contribution in [-0.4, -0.2) is 18.2 Å². The maximum Gasteiger partial charge on any atom is 0.386 e. The average Bonchev–Trinajstić information content (AvgIpc) is 2.54. The second-order valence-electron chi connectivity index (χ2n) is 3.71. The van der Waals surface area contributed by atoms with Crippen LogP contribution in [0.3, 0.4) is 0 Å². The van der Waals surface area contributed by atoms with Crippen LogP contribution in [0.4, 0.5) is 0 Å². The van der Waals surface area contributed by atoms with Gasteiger partial charge in [-0.2, -0.15) is 0 Å². The normalized spacial score (nSPS) is 8.81. The van der Waals surface area contributed by atoms with Crippen LogP contribution in [0.5, 0.6) is 0 Å². The Labute approximate surface area is 122 Å². The first-order valence-corrected chi connectivity index (χ1v) is 6.12. The first-order chi connectivity index (χ1) is 10.2. The van der Waals surface area contributed by atoms with Crippen molar-refractivity contribution in [2.45, 2.75) is 6.92 Å². The third-order valence-corrected chi connectivity index (χ3v) is 2.21. The van der Waals surface area contributed by atoms with Gasteiger partial charge in [0.15, 0.2) is 0 Å². The van der Waals surface area contributed by atoms with E-state index in [9.17, 15) is 9.59 Å². The Bertz CT molecular complexity index is 527. The van der Waals surface area contributed by atoms with Crippen molar-refractivity contribution in [2.75, 3.05) is 0 Å². The molecule has 0 aromatic heterocycles. The molecule has 2 rings (SSSR count). The first kappa shape index (κ1) is 16.1. The molecule has 0 amide bonds. The molecule has 0 saturated heterocycles. The lowest BCUT2D eigenvalue weighted by atomic mass is 10.2. The molecule has 0 aliphatic rings. The van der Waals surface area contributed by atoms with Crippen LogP contribution in [0, 0.1) is 0 Å². The highest BCUT2D eigenvalue weighted by atomic mass is 17.2. The summed E-state index contributed by atoms with van der Waals surface area (Å²) in [5.74, 6) is -1.42. The van der Waals surface area contributed by atoms with Gasteiger partial charge in [0.25, 0.3) is 0 Å². The molecule has 0 bridgehead atoms. The average molecular weight is 286 g/mol. The molecule has 0 spiro atoms. The maximum absolute atomic E-state index is 11.5. The Kier molecular flexibility index (Phi) is 6.93. The molecule has 0 atom stereocenters. The molecule has 2 aromatic carbocycles. The summed E-state index contributed by atoms with van der Waals surface area (Å²) >= 11 is 0. The molecular weight excluding hydrogens is 272 g/mol. The van der Waals surface area contributed by atoms with Crippen LogP contribution in [-0.2, 0) is 14.6 Å². The summed E-state index contributed by atoms with van der Waals surface area (Å²) in [5.41, 5.74) is 0.636. The predicted molar refractivity (Wildman–Crippen MR) is 75.5 cm³/mol. The number of rotatable bonds is 2. The summed E-state index contributed by atoms with van der Waals surface area (Å²) in [6.45, 7) is 1.44. The second kappa shape index (κ2) is 9.03. The van der Waals surface area contributed by atoms with Crippen LogP contribution in [0.15, 0.2) is 60.7 Å². The van der Waals surface area contributed by atoms with Crippen LogP contribution in [0.2, 0.25) is 0 Å². The molecule has 2 aromatic rings. The number of hydrogen-bond donors (Lipinski definition) is 0. The summed E-state index contributed by atoms with van der Waals surface area (Å²) in [4.78, 5) is 40.7. The van der Waals surface area contributed by atoms with Crippen LogP contribution < -0.4 is 0 Å². The molecule has 0 aliphatic carbocycles. The van der Waals surface area contributed by atoms with Crippen molar-refractivity contribution in [3.63, 3.8) is 0 Å². The molecule has 0 fully saturated rings. The van der Waals surface area contributed by atoms with Gasteiger partial charge in [0.1, 0.15) is 6.29 Å². The lowest BCUT2D eigenvalue weighted by Crippen LogP contribution is -2.11. The van der Waals surface area contributed by atoms with Crippen molar-refractivity contribution in [2.24, 2.45) is 0 Å². The van der Waals surface area contributed by atoms with Crippen molar-refractivity contribution in [1.82, 2.24) is 0 Å². The lowest BCUT2D eigenvalue weighted by Gasteiger charge is -2.02. The fourth-order valence-corrected chi connectivity index (χ4v) is 1.32. The second-order valence-corrected chi connectivity index (χ2v) is 3.71. The van der Waals surface area contributed by atoms with Gasteiger partial charge in [-0.05, 0) is 31.2 Å². The van der Waals surface area contributed by atoms with Gasteiger partial charge in [-0.3, -0.25) is 0 Å². The number of hydrogen-bond acceptors (Lipinski definition) is 5. The van der Waals surface area contributed by atoms with Gasteiger partial charge in [-0.15, -0.1) is 0 Å². The van der Waals surface area contributed by atoms with E-state index < -0.39 is 11.9 Å². The summed E-state index contributed by atoms with van der Waals surface area (Å²) in [7, 11) is 0. The van der Waals surface area contributed by atoms with E-state index in [-0.39, 0.29) is 0 Å². The van der Waals surface area contributed by atoms with Crippen molar-refractivity contribution >= 4 is 18.2 Å². The molecule has 0 saturated carbocycles. The fraction of sp³-hybridized carbons (Fsp3) is 0.0625. The van der Waals surface area contributed by atoms with Crippen molar-refractivity contribution in [1.29, 1.82) is 0 Å². The minimum atomic E-state index is -0.708. The van der Waals surface area contributed by atoms with Crippen molar-refractivity contribution in [3.8, 4) is 0 Å². The third-order valence-electron chi connectivity index (χ3n) is 2.21. The molecule has 108 valence electrons. The number of benzene rings is 2. The Morgan fingerprint density at radius 1 is 0.762 bits per heavy atom. The smallest absolute Gasteiger partial charge is 0.304 e. The van der Waals surface area contributed by atoms with Gasteiger partial charge >= 0.3 is 11.9 Å². The van der Waals surface area contributed by atoms with Gasteiger partial charge < -0.3 is 4.79 Å². The van der Waals surface area contributed by atoms with E-state index in [2.05, 4.69) is 9.78 Å². The topological polar surface area (TPSA) is 69.7 Å². The van der Waals surface area contributed by atoms with E-state index in [1.807, 2.05) is 0 Å². The van der Waals surface area contributed by atoms with E-state index in [0.29, 0.717) is 11.1 Å². The molecule has 5 heteroatoms. The van der Waals surface area contributed by atoms with Gasteiger partial charge in [0.2, 0.25) is 0 Å². The molecule has 0 radical (unpaired) electrons. The fourth-order valence-electron chi connectivity index (χ4n) is 1.32. The molecule has 0 unspecified atom stereocenters. The van der Waals surface area contributed by atoms with E-state index in [4.69, 9.17) is 4.79 Å². The monoisotopic (exact) mass is 286 g/mol. The molecule has 21 heavy (non-hydrogen) atoms. The third kappa shape index (κ3) is 5.69. The minimum absolute atomic E-state index is 0.318. The number of carbonyl (C=O) groups is 3. The Morgan fingerprint density at radius 2 is 1.05 bits per heavy atom. The van der Waals surface area contributed by atoms with Crippen molar-refractivity contribution < 1.29 is 24.2 Å². The molecular formula is C16H14O5. The van der Waals surface area contributed by atoms with Crippen LogP contribution in [0.25, 0.3) is 0 Å². The van der Waals surface area contributed by atoms with E-state index >= 15 is 0 Å². The Balaban J connectivity index is 0.000000677. The molecule has 0 heterocycles. The predicted octanol–water partition coefficient (Wildman–Crippen LogP) is 2.82. The highest BCUT2D eigenvalue weighted by molar-refractivity contribution is 5.92. The lowest BCUT2D eigenvalue weighted by molar-refractivity contribution is -0.187. The van der Waals surface area contributed by atoms with Crippen LogP contribution >= 0.6 is 0 Å². The SMILES string of the molecule is CC=O.O=C(OOC(=O)c1ccccc1)c1ccccc1. The summed E-state index contributed by atoms with van der Waals surface area (Å²) in [6.07, 6.45) is 0.750. The summed E-state index contributed by atoms with van der Waals surface area (Å²) < 4.78 is 0. The quantitative estimate of drug-likeness (QED) is 0.482. The van der Waals surface area contributed by atoms with E-state index in [0.717, 1.165) is 6.29 Å².